The van der Waals surface area contributed by atoms with E-state index < -0.39 is 36.1 Å². The molecule has 0 saturated heterocycles. The van der Waals surface area contributed by atoms with Gasteiger partial charge < -0.3 is 19.6 Å². The van der Waals surface area contributed by atoms with E-state index in [0.717, 1.165) is 44.9 Å². The van der Waals surface area contributed by atoms with Gasteiger partial charge in [-0.05, 0) is 12.8 Å². The minimum atomic E-state index is -4.63. The zero-order valence-electron chi connectivity index (χ0n) is 18.8. The number of sulfonamides is 1. The lowest BCUT2D eigenvalue weighted by Gasteiger charge is -2.20. The molecule has 2 atom stereocenters. The third-order valence-electron chi connectivity index (χ3n) is 4.99. The summed E-state index contributed by atoms with van der Waals surface area (Å²) in [5, 5.41) is 9.39. The van der Waals surface area contributed by atoms with E-state index in [1.54, 1.807) is 0 Å². The highest BCUT2D eigenvalue weighted by Crippen LogP contribution is 2.39. The summed E-state index contributed by atoms with van der Waals surface area (Å²) in [5.74, 6) is -1.83. The number of hydrogen-bond acceptors (Lipinski definition) is 5. The van der Waals surface area contributed by atoms with Crippen LogP contribution < -0.4 is 4.72 Å². The van der Waals surface area contributed by atoms with Crippen molar-refractivity contribution in [3.05, 3.63) is 0 Å². The molecular weight excluding hydrogens is 429 g/mol. The van der Waals surface area contributed by atoms with Gasteiger partial charge in [-0.25, -0.2) is 13.1 Å². The van der Waals surface area contributed by atoms with E-state index in [1.165, 1.54) is 25.7 Å². The molecule has 0 heterocycles. The molecule has 2 unspecified atom stereocenters. The van der Waals surface area contributed by atoms with Crippen LogP contribution in [0.5, 0.6) is 0 Å². The first kappa shape index (κ1) is 30.0. The summed E-state index contributed by atoms with van der Waals surface area (Å²) in [6.07, 6.45) is 13.1. The number of aliphatic hydroxyl groups excluding tert-OH is 1. The average Bonchev–Trinajstić information content (AvgIpc) is 2.66. The molecular formula is C20H44NO7PS. The predicted molar refractivity (Wildman–Crippen MR) is 121 cm³/mol. The first-order chi connectivity index (χ1) is 14.1. The van der Waals surface area contributed by atoms with Crippen LogP contribution in [0.2, 0.25) is 0 Å². The fraction of sp³-hybridized carbons (Fsp3) is 1.00. The van der Waals surface area contributed by atoms with Crippen molar-refractivity contribution in [3.63, 3.8) is 0 Å². The summed E-state index contributed by atoms with van der Waals surface area (Å²) in [6, 6.07) is -0.468. The van der Waals surface area contributed by atoms with Crippen molar-refractivity contribution < 1.29 is 32.6 Å². The van der Waals surface area contributed by atoms with Crippen LogP contribution in [0.3, 0.4) is 0 Å². The van der Waals surface area contributed by atoms with Crippen molar-refractivity contribution in [1.29, 1.82) is 0 Å². The third-order valence-corrected chi connectivity index (χ3v) is 7.44. The monoisotopic (exact) mass is 473 g/mol. The molecule has 0 bridgehead atoms. The Bertz CT molecular complexity index is 553. The van der Waals surface area contributed by atoms with Gasteiger partial charge in [-0.15, -0.1) is 0 Å². The van der Waals surface area contributed by atoms with Gasteiger partial charge in [0.25, 0.3) is 0 Å². The van der Waals surface area contributed by atoms with Gasteiger partial charge in [-0.3, -0.25) is 4.57 Å². The molecule has 182 valence electrons. The number of hydrogen-bond donors (Lipinski definition) is 4. The summed E-state index contributed by atoms with van der Waals surface area (Å²) >= 11 is 0. The fourth-order valence-corrected chi connectivity index (χ4v) is 4.84. The molecule has 0 rings (SSSR count). The van der Waals surface area contributed by atoms with E-state index in [1.807, 2.05) is 0 Å². The van der Waals surface area contributed by atoms with E-state index in [0.29, 0.717) is 12.8 Å². The van der Waals surface area contributed by atoms with Gasteiger partial charge in [-0.2, -0.15) is 0 Å². The van der Waals surface area contributed by atoms with Gasteiger partial charge >= 0.3 is 7.60 Å². The first-order valence-corrected chi connectivity index (χ1v) is 14.8. The Morgan fingerprint density at radius 3 is 1.87 bits per heavy atom. The van der Waals surface area contributed by atoms with E-state index in [9.17, 15) is 18.1 Å². The van der Waals surface area contributed by atoms with Crippen LogP contribution >= 0.6 is 7.60 Å². The lowest BCUT2D eigenvalue weighted by atomic mass is 10.1. The van der Waals surface area contributed by atoms with Crippen LogP contribution in [0.4, 0.5) is 0 Å². The zero-order valence-corrected chi connectivity index (χ0v) is 20.5. The molecule has 8 nitrogen and oxygen atoms in total. The molecule has 0 aromatic carbocycles. The molecule has 0 radical (unpaired) electrons. The van der Waals surface area contributed by atoms with Crippen LogP contribution in [0.1, 0.15) is 97.3 Å². The van der Waals surface area contributed by atoms with Crippen LogP contribution in [0, 0.1) is 0 Å². The fourth-order valence-electron chi connectivity index (χ4n) is 3.15. The number of aliphatic hydroxyl groups is 1. The van der Waals surface area contributed by atoms with Crippen molar-refractivity contribution in [3.8, 4) is 0 Å². The van der Waals surface area contributed by atoms with Crippen LogP contribution in [-0.4, -0.2) is 54.2 Å². The minimum absolute atomic E-state index is 0.0279. The Labute approximate surface area is 183 Å². The second-order valence-electron chi connectivity index (χ2n) is 8.07. The predicted octanol–water partition coefficient (Wildman–Crippen LogP) is 3.90. The van der Waals surface area contributed by atoms with Crippen molar-refractivity contribution in [1.82, 2.24) is 4.72 Å². The molecule has 0 spiro atoms. The molecule has 0 aliphatic rings. The average molecular weight is 474 g/mol. The van der Waals surface area contributed by atoms with Gasteiger partial charge in [0.05, 0.1) is 19.0 Å². The van der Waals surface area contributed by atoms with Crippen molar-refractivity contribution in [2.24, 2.45) is 0 Å². The first-order valence-electron chi connectivity index (χ1n) is 11.4. The van der Waals surface area contributed by atoms with Gasteiger partial charge in [0.15, 0.2) is 5.85 Å². The number of ether oxygens (including phenoxy) is 1. The highest BCUT2D eigenvalue weighted by Gasteiger charge is 2.27. The van der Waals surface area contributed by atoms with E-state index in [4.69, 9.17) is 14.5 Å². The summed E-state index contributed by atoms with van der Waals surface area (Å²) < 4.78 is 43.7. The van der Waals surface area contributed by atoms with Crippen molar-refractivity contribution in [2.75, 3.05) is 19.0 Å². The maximum absolute atomic E-state index is 12.4. The molecule has 0 saturated carbocycles. The molecule has 0 aliphatic carbocycles. The molecule has 4 N–H and O–H groups in total. The Kier molecular flexibility index (Phi) is 17.5. The summed E-state index contributed by atoms with van der Waals surface area (Å²) in [6.45, 7) is 3.71. The Morgan fingerprint density at radius 2 is 1.33 bits per heavy atom. The molecule has 30 heavy (non-hydrogen) atoms. The Morgan fingerprint density at radius 1 is 0.833 bits per heavy atom. The second-order valence-corrected chi connectivity index (χ2v) is 11.7. The summed E-state index contributed by atoms with van der Waals surface area (Å²) in [4.78, 5) is 17.8. The van der Waals surface area contributed by atoms with Crippen LogP contribution in [-0.2, 0) is 19.3 Å². The second kappa shape index (κ2) is 17.5. The Balaban J connectivity index is 4.36. The van der Waals surface area contributed by atoms with Gasteiger partial charge in [0, 0.05) is 6.04 Å². The van der Waals surface area contributed by atoms with Crippen LogP contribution in [0.25, 0.3) is 0 Å². The Hall–Kier alpha value is -0.0200. The maximum Gasteiger partial charge on any atom is 0.356 e. The molecule has 0 aliphatic heterocycles. The molecule has 10 heteroatoms. The topological polar surface area (TPSA) is 133 Å². The molecule has 0 aromatic heterocycles. The maximum atomic E-state index is 12.4. The lowest BCUT2D eigenvalue weighted by Crippen LogP contribution is -2.40. The SMILES string of the molecule is CCCCCCCCCCS(=O)(=O)NC(CCCCCC)COCC(O)P(=O)(O)O. The van der Waals surface area contributed by atoms with E-state index >= 15 is 0 Å². The largest absolute Gasteiger partial charge is 0.378 e. The quantitative estimate of drug-likeness (QED) is 0.147. The lowest BCUT2D eigenvalue weighted by molar-refractivity contribution is 0.0512. The van der Waals surface area contributed by atoms with Crippen molar-refractivity contribution in [2.45, 2.75) is 109 Å². The standard InChI is InChI=1S/C20H44NO7PS/c1-3-5-7-9-10-11-12-14-16-30(26,27)21-19(15-13-8-6-4-2)17-28-18-20(22)29(23,24)25/h19-22H,3-18H2,1-2H3,(H2,23,24,25). The minimum Gasteiger partial charge on any atom is -0.378 e. The molecule has 0 aromatic rings. The van der Waals surface area contributed by atoms with Crippen LogP contribution in [0.15, 0.2) is 0 Å². The van der Waals surface area contributed by atoms with Gasteiger partial charge in [0.1, 0.15) is 0 Å². The molecule has 0 amide bonds. The normalized spacial score (nSPS) is 14.7. The number of nitrogens with one attached hydrogen (secondary N) is 1. The van der Waals surface area contributed by atoms with E-state index in [2.05, 4.69) is 18.6 Å². The van der Waals surface area contributed by atoms with Crippen molar-refractivity contribution >= 4 is 17.6 Å². The zero-order chi connectivity index (χ0) is 22.9. The molecule has 0 fully saturated rings. The van der Waals surface area contributed by atoms with E-state index in [-0.39, 0.29) is 12.4 Å². The highest BCUT2D eigenvalue weighted by molar-refractivity contribution is 7.89. The van der Waals surface area contributed by atoms with Gasteiger partial charge in [-0.1, -0.05) is 84.5 Å². The smallest absolute Gasteiger partial charge is 0.356 e. The summed E-state index contributed by atoms with van der Waals surface area (Å²) in [5.41, 5.74) is 0. The number of unbranched alkanes of at least 4 members (excludes halogenated alkanes) is 10. The third kappa shape index (κ3) is 17.6. The number of rotatable bonds is 21. The summed E-state index contributed by atoms with van der Waals surface area (Å²) in [7, 11) is -8.08. The van der Waals surface area contributed by atoms with Gasteiger partial charge in [0.2, 0.25) is 10.0 Å². The highest BCUT2D eigenvalue weighted by atomic mass is 32.2.